The maximum absolute atomic E-state index is 13.2. The second-order valence-electron chi connectivity index (χ2n) is 6.09. The van der Waals surface area contributed by atoms with E-state index in [4.69, 9.17) is 27.9 Å². The van der Waals surface area contributed by atoms with E-state index in [2.05, 4.69) is 4.98 Å². The predicted molar refractivity (Wildman–Crippen MR) is 95.8 cm³/mol. The summed E-state index contributed by atoms with van der Waals surface area (Å²) in [6.07, 6.45) is -2.49. The van der Waals surface area contributed by atoms with Crippen LogP contribution in [0.25, 0.3) is 5.78 Å². The lowest BCUT2D eigenvalue weighted by Crippen LogP contribution is -2.27. The highest BCUT2D eigenvalue weighted by molar-refractivity contribution is 6.42. The molecule has 0 fully saturated rings. The number of imidazole rings is 1. The molecule has 0 aliphatic heterocycles. The van der Waals surface area contributed by atoms with Gasteiger partial charge in [-0.05, 0) is 25.5 Å². The van der Waals surface area contributed by atoms with Crippen LogP contribution in [0, 0.1) is 0 Å². The Bertz CT molecular complexity index is 1060. The number of aromatic nitrogens is 3. The molecule has 0 radical (unpaired) electrons. The Morgan fingerprint density at radius 2 is 1.93 bits per heavy atom. The highest BCUT2D eigenvalue weighted by Gasteiger charge is 2.35. The second kappa shape index (κ2) is 7.09. The van der Waals surface area contributed by atoms with E-state index in [1.807, 2.05) is 13.8 Å². The van der Waals surface area contributed by atoms with Crippen LogP contribution in [0.4, 0.5) is 13.2 Å². The summed E-state index contributed by atoms with van der Waals surface area (Å²) in [6.45, 7) is 3.54. The zero-order valence-corrected chi connectivity index (χ0v) is 15.7. The summed E-state index contributed by atoms with van der Waals surface area (Å²) in [5.41, 5.74) is -1.53. The summed E-state index contributed by atoms with van der Waals surface area (Å²) >= 11 is 12.3. The van der Waals surface area contributed by atoms with Crippen LogP contribution in [0.3, 0.4) is 0 Å². The normalized spacial score (nSPS) is 12.1. The second-order valence-corrected chi connectivity index (χ2v) is 6.88. The molecule has 0 bridgehead atoms. The quantitative estimate of drug-likeness (QED) is 0.617. The van der Waals surface area contributed by atoms with Gasteiger partial charge in [-0.15, -0.1) is 0 Å². The third-order valence-electron chi connectivity index (χ3n) is 3.72. The van der Waals surface area contributed by atoms with Crippen LogP contribution in [-0.2, 0) is 12.7 Å². The third kappa shape index (κ3) is 3.91. The molecule has 144 valence electrons. The highest BCUT2D eigenvalue weighted by Crippen LogP contribution is 2.33. The van der Waals surface area contributed by atoms with Crippen molar-refractivity contribution in [3.63, 3.8) is 0 Å². The number of benzene rings is 1. The van der Waals surface area contributed by atoms with Crippen molar-refractivity contribution in [3.8, 4) is 5.75 Å². The zero-order valence-electron chi connectivity index (χ0n) is 14.2. The summed E-state index contributed by atoms with van der Waals surface area (Å²) in [4.78, 5) is 16.3. The van der Waals surface area contributed by atoms with Crippen LogP contribution < -0.4 is 10.3 Å². The summed E-state index contributed by atoms with van der Waals surface area (Å²) in [7, 11) is 0. The molecule has 0 saturated heterocycles. The van der Waals surface area contributed by atoms with E-state index in [1.165, 1.54) is 12.3 Å². The lowest BCUT2D eigenvalue weighted by Gasteiger charge is -2.16. The topological polar surface area (TPSA) is 48.5 Å². The van der Waals surface area contributed by atoms with E-state index in [0.29, 0.717) is 17.4 Å². The molecule has 5 nitrogen and oxygen atoms in total. The van der Waals surface area contributed by atoms with Gasteiger partial charge in [0.05, 0.1) is 22.7 Å². The number of rotatable bonds is 4. The third-order valence-corrected chi connectivity index (χ3v) is 4.56. The van der Waals surface area contributed by atoms with Gasteiger partial charge < -0.3 is 4.74 Å². The zero-order chi connectivity index (χ0) is 19.9. The molecule has 0 aliphatic rings. The Morgan fingerprint density at radius 3 is 2.56 bits per heavy atom. The van der Waals surface area contributed by atoms with Gasteiger partial charge in [0.25, 0.3) is 5.56 Å². The molecule has 0 spiro atoms. The molecule has 0 amide bonds. The molecular weight excluding hydrogens is 406 g/mol. The standard InChI is InChI=1S/C17H14Cl2F3N3O2/c1-9(2)27-11-5-10(15(19)12(18)6-11)8-25-14(26)7-13(17(20,21)22)24-4-3-23-16(24)25/h3-7,9H,8H2,1-2H3. The Balaban J connectivity index is 2.13. The minimum Gasteiger partial charge on any atom is -0.491 e. The fourth-order valence-corrected chi connectivity index (χ4v) is 3.06. The first-order chi connectivity index (χ1) is 12.6. The van der Waals surface area contributed by atoms with Gasteiger partial charge in [0.1, 0.15) is 11.4 Å². The first-order valence-corrected chi connectivity index (χ1v) is 8.62. The molecular formula is C17H14Cl2F3N3O2. The smallest absolute Gasteiger partial charge is 0.432 e. The number of hydrogen-bond donors (Lipinski definition) is 0. The lowest BCUT2D eigenvalue weighted by atomic mass is 10.2. The van der Waals surface area contributed by atoms with Gasteiger partial charge in [-0.25, -0.2) is 4.98 Å². The van der Waals surface area contributed by atoms with Gasteiger partial charge in [0.2, 0.25) is 5.78 Å². The van der Waals surface area contributed by atoms with Crippen LogP contribution >= 0.6 is 23.2 Å². The van der Waals surface area contributed by atoms with E-state index in [-0.39, 0.29) is 28.5 Å². The van der Waals surface area contributed by atoms with Gasteiger partial charge in [-0.2, -0.15) is 13.2 Å². The van der Waals surface area contributed by atoms with Gasteiger partial charge in [-0.1, -0.05) is 23.2 Å². The van der Waals surface area contributed by atoms with Crippen molar-refractivity contribution in [1.29, 1.82) is 0 Å². The fourth-order valence-electron chi connectivity index (χ4n) is 2.66. The number of hydrogen-bond acceptors (Lipinski definition) is 3. The molecule has 2 aromatic heterocycles. The van der Waals surface area contributed by atoms with Crippen molar-refractivity contribution in [2.45, 2.75) is 32.7 Å². The predicted octanol–water partition coefficient (Wildman–Crippen LogP) is 4.66. The van der Waals surface area contributed by atoms with Crippen LogP contribution in [0.15, 0.2) is 35.4 Å². The molecule has 0 unspecified atom stereocenters. The van der Waals surface area contributed by atoms with Gasteiger partial charge in [0.15, 0.2) is 0 Å². The highest BCUT2D eigenvalue weighted by atomic mass is 35.5. The maximum Gasteiger partial charge on any atom is 0.432 e. The van der Waals surface area contributed by atoms with Crippen molar-refractivity contribution in [1.82, 2.24) is 14.0 Å². The summed E-state index contributed by atoms with van der Waals surface area (Å²) in [5, 5.41) is 0.397. The van der Waals surface area contributed by atoms with Crippen molar-refractivity contribution in [2.24, 2.45) is 0 Å². The summed E-state index contributed by atoms with van der Waals surface area (Å²) < 4.78 is 47.0. The number of alkyl halides is 3. The minimum absolute atomic E-state index is 0.120. The first-order valence-electron chi connectivity index (χ1n) is 7.86. The molecule has 3 aromatic rings. The number of nitrogens with zero attached hydrogens (tertiary/aromatic N) is 3. The van der Waals surface area contributed by atoms with Crippen molar-refractivity contribution >= 4 is 29.0 Å². The molecule has 27 heavy (non-hydrogen) atoms. The minimum atomic E-state index is -4.69. The molecule has 0 aliphatic carbocycles. The summed E-state index contributed by atoms with van der Waals surface area (Å²) in [5.74, 6) is 0.283. The molecule has 0 saturated carbocycles. The van der Waals surface area contributed by atoms with E-state index in [0.717, 1.165) is 15.2 Å². The van der Waals surface area contributed by atoms with Crippen LogP contribution in [0.2, 0.25) is 10.0 Å². The lowest BCUT2D eigenvalue weighted by molar-refractivity contribution is -0.142. The van der Waals surface area contributed by atoms with Crippen molar-refractivity contribution < 1.29 is 17.9 Å². The van der Waals surface area contributed by atoms with Crippen molar-refractivity contribution in [3.05, 3.63) is 62.2 Å². The number of ether oxygens (including phenoxy) is 1. The molecule has 1 aromatic carbocycles. The molecule has 3 rings (SSSR count). The first kappa shape index (κ1) is 19.6. The average Bonchev–Trinajstić information content (AvgIpc) is 3.01. The SMILES string of the molecule is CC(C)Oc1cc(Cl)c(Cl)c(Cn2c(=O)cc(C(F)(F)F)n3ccnc23)c1. The molecule has 2 heterocycles. The van der Waals surface area contributed by atoms with E-state index >= 15 is 0 Å². The Morgan fingerprint density at radius 1 is 1.22 bits per heavy atom. The van der Waals surface area contributed by atoms with E-state index in [1.54, 1.807) is 6.07 Å². The molecule has 0 atom stereocenters. The van der Waals surface area contributed by atoms with Crippen LogP contribution in [-0.4, -0.2) is 20.1 Å². The average molecular weight is 420 g/mol. The Labute approximate surface area is 161 Å². The number of halogens is 5. The van der Waals surface area contributed by atoms with Crippen LogP contribution in [0.5, 0.6) is 5.75 Å². The maximum atomic E-state index is 13.2. The Kier molecular flexibility index (Phi) is 5.14. The largest absolute Gasteiger partial charge is 0.491 e. The van der Waals surface area contributed by atoms with Gasteiger partial charge >= 0.3 is 6.18 Å². The molecule has 10 heteroatoms. The van der Waals surface area contributed by atoms with Crippen LogP contribution in [0.1, 0.15) is 25.1 Å². The van der Waals surface area contributed by atoms with Crippen molar-refractivity contribution in [2.75, 3.05) is 0 Å². The van der Waals surface area contributed by atoms with E-state index in [9.17, 15) is 18.0 Å². The summed E-state index contributed by atoms with van der Waals surface area (Å²) in [6, 6.07) is 3.66. The monoisotopic (exact) mass is 419 g/mol. The molecule has 0 N–H and O–H groups in total. The number of fused-ring (bicyclic) bond motifs is 1. The fraction of sp³-hybridized carbons (Fsp3) is 0.294. The van der Waals surface area contributed by atoms with Gasteiger partial charge in [0, 0.05) is 24.5 Å². The van der Waals surface area contributed by atoms with E-state index < -0.39 is 17.4 Å². The Hall–Kier alpha value is -2.19. The van der Waals surface area contributed by atoms with Gasteiger partial charge in [-0.3, -0.25) is 13.8 Å².